The Balaban J connectivity index is 2.08. The molecule has 4 nitrogen and oxygen atoms in total. The van der Waals surface area contributed by atoms with Gasteiger partial charge >= 0.3 is 0 Å². The number of ether oxygens (including phenoxy) is 1. The van der Waals surface area contributed by atoms with E-state index in [1.807, 2.05) is 12.1 Å². The number of morpholine rings is 1. The van der Waals surface area contributed by atoms with Gasteiger partial charge in [0.2, 0.25) is 0 Å². The molecular formula is C11H12ClN3O. The van der Waals surface area contributed by atoms with Gasteiger partial charge in [-0.25, -0.2) is 4.98 Å². The summed E-state index contributed by atoms with van der Waals surface area (Å²) in [5.74, 6) is 1.34. The summed E-state index contributed by atoms with van der Waals surface area (Å²) in [6.07, 6.45) is 1.40. The molecule has 1 atom stereocenters. The predicted octanol–water partition coefficient (Wildman–Crippen LogP) is 1.55. The average molecular weight is 238 g/mol. The van der Waals surface area contributed by atoms with Crippen LogP contribution in [0.15, 0.2) is 18.3 Å². The summed E-state index contributed by atoms with van der Waals surface area (Å²) in [5.41, 5.74) is 0.996. The van der Waals surface area contributed by atoms with Gasteiger partial charge in [-0.2, -0.15) is 5.26 Å². The molecule has 2 heterocycles. The third-order valence-corrected chi connectivity index (χ3v) is 2.81. The van der Waals surface area contributed by atoms with Crippen LogP contribution in [-0.4, -0.2) is 30.8 Å². The second-order valence-electron chi connectivity index (χ2n) is 3.59. The SMILES string of the molecule is N#CC1CN(c2ccc(CCl)cn2)CCO1. The van der Waals surface area contributed by atoms with Crippen molar-refractivity contribution >= 4 is 17.4 Å². The predicted molar refractivity (Wildman–Crippen MR) is 61.4 cm³/mol. The van der Waals surface area contributed by atoms with Gasteiger partial charge < -0.3 is 9.64 Å². The van der Waals surface area contributed by atoms with Crippen molar-refractivity contribution in [2.45, 2.75) is 12.0 Å². The van der Waals surface area contributed by atoms with Crippen molar-refractivity contribution in [3.63, 3.8) is 0 Å². The average Bonchev–Trinajstić information content (AvgIpc) is 2.39. The highest BCUT2D eigenvalue weighted by atomic mass is 35.5. The summed E-state index contributed by atoms with van der Waals surface area (Å²) >= 11 is 5.69. The van der Waals surface area contributed by atoms with Crippen LogP contribution in [0.2, 0.25) is 0 Å². The number of alkyl halides is 1. The molecule has 0 spiro atoms. The Labute approximate surface area is 99.4 Å². The molecule has 0 saturated carbocycles. The maximum Gasteiger partial charge on any atom is 0.161 e. The first-order valence-corrected chi connectivity index (χ1v) is 5.64. The third kappa shape index (κ3) is 2.43. The first kappa shape index (κ1) is 11.2. The number of halogens is 1. The van der Waals surface area contributed by atoms with Crippen molar-refractivity contribution in [3.8, 4) is 6.07 Å². The Morgan fingerprint density at radius 2 is 2.50 bits per heavy atom. The fourth-order valence-electron chi connectivity index (χ4n) is 1.62. The second kappa shape index (κ2) is 5.15. The zero-order valence-electron chi connectivity index (χ0n) is 8.77. The van der Waals surface area contributed by atoms with Gasteiger partial charge in [0.05, 0.1) is 19.2 Å². The van der Waals surface area contributed by atoms with Gasteiger partial charge in [-0.15, -0.1) is 11.6 Å². The highest BCUT2D eigenvalue weighted by molar-refractivity contribution is 6.17. The molecule has 84 valence electrons. The standard InChI is InChI=1S/C11H12ClN3O/c12-5-9-1-2-11(14-7-9)15-3-4-16-10(6-13)8-15/h1-2,7,10H,3-5,8H2. The maximum atomic E-state index is 8.80. The zero-order valence-corrected chi connectivity index (χ0v) is 9.52. The molecule has 0 amide bonds. The summed E-state index contributed by atoms with van der Waals surface area (Å²) in [6.45, 7) is 1.91. The Hall–Kier alpha value is -1.31. The second-order valence-corrected chi connectivity index (χ2v) is 3.86. The largest absolute Gasteiger partial charge is 0.360 e. The molecule has 0 aliphatic carbocycles. The van der Waals surface area contributed by atoms with Crippen LogP contribution in [0, 0.1) is 11.3 Å². The van der Waals surface area contributed by atoms with Crippen molar-refractivity contribution in [1.29, 1.82) is 5.26 Å². The van der Waals surface area contributed by atoms with E-state index in [0.29, 0.717) is 19.0 Å². The van der Waals surface area contributed by atoms with Crippen LogP contribution >= 0.6 is 11.6 Å². The molecule has 1 unspecified atom stereocenters. The number of pyridine rings is 1. The Morgan fingerprint density at radius 1 is 1.62 bits per heavy atom. The van der Waals surface area contributed by atoms with Gasteiger partial charge in [-0.3, -0.25) is 0 Å². The lowest BCUT2D eigenvalue weighted by molar-refractivity contribution is 0.0761. The Bertz CT molecular complexity index is 387. The molecule has 1 saturated heterocycles. The minimum absolute atomic E-state index is 0.358. The third-order valence-electron chi connectivity index (χ3n) is 2.50. The zero-order chi connectivity index (χ0) is 11.4. The number of aromatic nitrogens is 1. The van der Waals surface area contributed by atoms with E-state index in [9.17, 15) is 0 Å². The van der Waals surface area contributed by atoms with E-state index in [2.05, 4.69) is 16.0 Å². The van der Waals surface area contributed by atoms with Crippen LogP contribution in [0.4, 0.5) is 5.82 Å². The van der Waals surface area contributed by atoms with E-state index in [1.54, 1.807) is 6.20 Å². The van der Waals surface area contributed by atoms with Crippen LogP contribution in [-0.2, 0) is 10.6 Å². The Kier molecular flexibility index (Phi) is 3.60. The van der Waals surface area contributed by atoms with Crippen LogP contribution in [0.5, 0.6) is 0 Å². The number of hydrogen-bond donors (Lipinski definition) is 0. The summed E-state index contributed by atoms with van der Waals surface area (Å²) < 4.78 is 5.27. The van der Waals surface area contributed by atoms with Crippen molar-refractivity contribution in [2.75, 3.05) is 24.6 Å². The molecule has 5 heteroatoms. The summed E-state index contributed by atoms with van der Waals surface area (Å²) in [5, 5.41) is 8.80. The normalized spacial score (nSPS) is 20.5. The lowest BCUT2D eigenvalue weighted by Crippen LogP contribution is -2.42. The van der Waals surface area contributed by atoms with Gasteiger partial charge in [0, 0.05) is 18.6 Å². The van der Waals surface area contributed by atoms with E-state index >= 15 is 0 Å². The molecule has 1 aliphatic rings. The molecule has 16 heavy (non-hydrogen) atoms. The van der Waals surface area contributed by atoms with Gasteiger partial charge in [0.15, 0.2) is 6.10 Å². The summed E-state index contributed by atoms with van der Waals surface area (Å²) in [4.78, 5) is 6.37. The molecule has 1 aromatic heterocycles. The van der Waals surface area contributed by atoms with Crippen molar-refractivity contribution in [2.24, 2.45) is 0 Å². The lowest BCUT2D eigenvalue weighted by Gasteiger charge is -2.30. The molecule has 1 aliphatic heterocycles. The topological polar surface area (TPSA) is 49.2 Å². The number of anilines is 1. The van der Waals surface area contributed by atoms with E-state index in [-0.39, 0.29) is 6.10 Å². The minimum Gasteiger partial charge on any atom is -0.360 e. The molecule has 0 radical (unpaired) electrons. The van der Waals surface area contributed by atoms with Crippen LogP contribution in [0.3, 0.4) is 0 Å². The minimum atomic E-state index is -0.358. The molecule has 0 N–H and O–H groups in total. The van der Waals surface area contributed by atoms with Gasteiger partial charge in [0.1, 0.15) is 5.82 Å². The molecule has 1 fully saturated rings. The number of nitriles is 1. The van der Waals surface area contributed by atoms with E-state index in [0.717, 1.165) is 17.9 Å². The van der Waals surface area contributed by atoms with E-state index < -0.39 is 0 Å². The summed E-state index contributed by atoms with van der Waals surface area (Å²) in [6, 6.07) is 5.99. The van der Waals surface area contributed by atoms with Crippen LogP contribution in [0.25, 0.3) is 0 Å². The van der Waals surface area contributed by atoms with E-state index in [4.69, 9.17) is 21.6 Å². The number of nitrogens with zero attached hydrogens (tertiary/aromatic N) is 3. The first-order valence-electron chi connectivity index (χ1n) is 5.10. The summed E-state index contributed by atoms with van der Waals surface area (Å²) in [7, 11) is 0. The number of rotatable bonds is 2. The first-order chi connectivity index (χ1) is 7.83. The molecule has 0 aromatic carbocycles. The number of hydrogen-bond acceptors (Lipinski definition) is 4. The van der Waals surface area contributed by atoms with Crippen LogP contribution in [0.1, 0.15) is 5.56 Å². The molecular weight excluding hydrogens is 226 g/mol. The highest BCUT2D eigenvalue weighted by Gasteiger charge is 2.20. The maximum absolute atomic E-state index is 8.80. The van der Waals surface area contributed by atoms with Gasteiger partial charge in [-0.05, 0) is 11.6 Å². The van der Waals surface area contributed by atoms with Crippen molar-refractivity contribution in [3.05, 3.63) is 23.9 Å². The van der Waals surface area contributed by atoms with Crippen molar-refractivity contribution in [1.82, 2.24) is 4.98 Å². The monoisotopic (exact) mass is 237 g/mol. The smallest absolute Gasteiger partial charge is 0.161 e. The van der Waals surface area contributed by atoms with Crippen LogP contribution < -0.4 is 4.90 Å². The molecule has 2 rings (SSSR count). The molecule has 1 aromatic rings. The fraction of sp³-hybridized carbons (Fsp3) is 0.455. The van der Waals surface area contributed by atoms with E-state index in [1.165, 1.54) is 0 Å². The van der Waals surface area contributed by atoms with Gasteiger partial charge in [-0.1, -0.05) is 6.07 Å². The lowest BCUT2D eigenvalue weighted by atomic mass is 10.2. The highest BCUT2D eigenvalue weighted by Crippen LogP contribution is 2.15. The molecule has 0 bridgehead atoms. The van der Waals surface area contributed by atoms with Crippen molar-refractivity contribution < 1.29 is 4.74 Å². The Morgan fingerprint density at radius 3 is 3.12 bits per heavy atom. The fourth-order valence-corrected chi connectivity index (χ4v) is 1.78. The van der Waals surface area contributed by atoms with Gasteiger partial charge in [0.25, 0.3) is 0 Å². The quantitative estimate of drug-likeness (QED) is 0.733.